The fraction of sp³-hybridized carbons (Fsp3) is 0.467. The number of aromatic nitrogens is 1. The van der Waals surface area contributed by atoms with Crippen LogP contribution in [0, 0.1) is 10.1 Å². The lowest BCUT2D eigenvalue weighted by atomic mass is 9.93. The fourth-order valence-electron chi connectivity index (χ4n) is 2.60. The number of benzene rings is 1. The Labute approximate surface area is 113 Å². The Kier molecular flexibility index (Phi) is 4.55. The van der Waals surface area contributed by atoms with Gasteiger partial charge in [0.25, 0.3) is 0 Å². The van der Waals surface area contributed by atoms with Crippen molar-refractivity contribution in [3.63, 3.8) is 0 Å². The minimum Gasteiger partial charge on any atom is -0.361 e. The van der Waals surface area contributed by atoms with E-state index in [0.717, 1.165) is 42.1 Å². The lowest BCUT2D eigenvalue weighted by molar-refractivity contribution is -0.483. The zero-order chi connectivity index (χ0) is 13.7. The maximum absolute atomic E-state index is 10.9. The van der Waals surface area contributed by atoms with Crippen LogP contribution >= 0.6 is 0 Å². The first-order valence-corrected chi connectivity index (χ1v) is 6.90. The molecule has 0 bridgehead atoms. The van der Waals surface area contributed by atoms with Gasteiger partial charge in [-0.05, 0) is 18.1 Å². The summed E-state index contributed by atoms with van der Waals surface area (Å²) in [6.07, 6.45) is 6.14. The maximum atomic E-state index is 10.9. The predicted molar refractivity (Wildman–Crippen MR) is 77.0 cm³/mol. The molecule has 0 aliphatic carbocycles. The Morgan fingerprint density at radius 1 is 1.32 bits per heavy atom. The maximum Gasteiger partial charge on any atom is 0.210 e. The largest absolute Gasteiger partial charge is 0.361 e. The Morgan fingerprint density at radius 2 is 2.11 bits per heavy atom. The van der Waals surface area contributed by atoms with Crippen LogP contribution in [-0.4, -0.2) is 16.5 Å². The van der Waals surface area contributed by atoms with Crippen LogP contribution < -0.4 is 0 Å². The van der Waals surface area contributed by atoms with E-state index in [1.54, 1.807) is 0 Å². The molecule has 0 fully saturated rings. The minimum atomic E-state index is -0.196. The number of nitro groups is 1. The Balaban J connectivity index is 2.23. The highest BCUT2D eigenvalue weighted by Gasteiger charge is 2.20. The SMILES string of the molecule is CCCCCC(C[N+](=O)[O-])c1c[nH]c2ccccc12. The molecular formula is C15H20N2O2. The molecule has 0 saturated carbocycles. The third-order valence-corrected chi connectivity index (χ3v) is 3.59. The number of nitrogens with zero attached hydrogens (tertiary/aromatic N) is 1. The number of para-hydroxylation sites is 1. The molecule has 1 aromatic heterocycles. The summed E-state index contributed by atoms with van der Waals surface area (Å²) in [7, 11) is 0. The van der Waals surface area contributed by atoms with E-state index in [9.17, 15) is 10.1 Å². The van der Waals surface area contributed by atoms with E-state index >= 15 is 0 Å². The van der Waals surface area contributed by atoms with Crippen LogP contribution in [0.1, 0.15) is 44.1 Å². The van der Waals surface area contributed by atoms with Gasteiger partial charge < -0.3 is 4.98 Å². The molecule has 2 aromatic rings. The molecule has 0 aliphatic rings. The number of aromatic amines is 1. The lowest BCUT2D eigenvalue weighted by Gasteiger charge is -2.11. The monoisotopic (exact) mass is 260 g/mol. The highest BCUT2D eigenvalue weighted by atomic mass is 16.6. The molecule has 1 atom stereocenters. The van der Waals surface area contributed by atoms with Crippen molar-refractivity contribution in [3.8, 4) is 0 Å². The van der Waals surface area contributed by atoms with Gasteiger partial charge in [-0.15, -0.1) is 0 Å². The molecule has 0 amide bonds. The van der Waals surface area contributed by atoms with Crippen LogP contribution in [0.25, 0.3) is 10.9 Å². The van der Waals surface area contributed by atoms with Crippen molar-refractivity contribution in [3.05, 3.63) is 46.1 Å². The van der Waals surface area contributed by atoms with Crippen LogP contribution in [0.3, 0.4) is 0 Å². The van der Waals surface area contributed by atoms with Crippen molar-refractivity contribution in [2.75, 3.05) is 6.54 Å². The van der Waals surface area contributed by atoms with Gasteiger partial charge in [0.05, 0.1) is 5.92 Å². The van der Waals surface area contributed by atoms with Crippen molar-refractivity contribution in [2.24, 2.45) is 0 Å². The highest BCUT2D eigenvalue weighted by molar-refractivity contribution is 5.83. The fourth-order valence-corrected chi connectivity index (χ4v) is 2.60. The molecule has 4 nitrogen and oxygen atoms in total. The van der Waals surface area contributed by atoms with E-state index in [2.05, 4.69) is 11.9 Å². The summed E-state index contributed by atoms with van der Waals surface area (Å²) in [5.74, 6) is 0.0118. The molecular weight excluding hydrogens is 240 g/mol. The second kappa shape index (κ2) is 6.36. The summed E-state index contributed by atoms with van der Waals surface area (Å²) in [6.45, 7) is 2.17. The van der Waals surface area contributed by atoms with Gasteiger partial charge in [-0.3, -0.25) is 10.1 Å². The molecule has 102 valence electrons. The van der Waals surface area contributed by atoms with Gasteiger partial charge in [0.15, 0.2) is 0 Å². The second-order valence-corrected chi connectivity index (χ2v) is 5.00. The van der Waals surface area contributed by atoms with Gasteiger partial charge in [0.1, 0.15) is 0 Å². The lowest BCUT2D eigenvalue weighted by Crippen LogP contribution is -2.12. The molecule has 0 aliphatic heterocycles. The van der Waals surface area contributed by atoms with Crippen LogP contribution in [-0.2, 0) is 0 Å². The molecule has 4 heteroatoms. The number of rotatable bonds is 7. The minimum absolute atomic E-state index is 0.0118. The van der Waals surface area contributed by atoms with Gasteiger partial charge in [-0.2, -0.15) is 0 Å². The second-order valence-electron chi connectivity index (χ2n) is 5.00. The summed E-state index contributed by atoms with van der Waals surface area (Å²) in [6, 6.07) is 8.00. The van der Waals surface area contributed by atoms with E-state index in [4.69, 9.17) is 0 Å². The molecule has 1 aromatic carbocycles. The Bertz CT molecular complexity index is 548. The Hall–Kier alpha value is -1.84. The average molecular weight is 260 g/mol. The van der Waals surface area contributed by atoms with Gasteiger partial charge in [-0.1, -0.05) is 44.4 Å². The first-order valence-electron chi connectivity index (χ1n) is 6.90. The van der Waals surface area contributed by atoms with Gasteiger partial charge in [0, 0.05) is 22.0 Å². The van der Waals surface area contributed by atoms with E-state index in [1.807, 2.05) is 30.5 Å². The van der Waals surface area contributed by atoms with Crippen molar-refractivity contribution >= 4 is 10.9 Å². The van der Waals surface area contributed by atoms with E-state index < -0.39 is 0 Å². The third-order valence-electron chi connectivity index (χ3n) is 3.59. The summed E-state index contributed by atoms with van der Waals surface area (Å²) in [5, 5.41) is 12.0. The molecule has 0 saturated heterocycles. The molecule has 1 heterocycles. The smallest absolute Gasteiger partial charge is 0.210 e. The number of H-pyrrole nitrogens is 1. The van der Waals surface area contributed by atoms with Crippen molar-refractivity contribution < 1.29 is 4.92 Å². The van der Waals surface area contributed by atoms with Crippen LogP contribution in [0.2, 0.25) is 0 Å². The number of unbranched alkanes of at least 4 members (excludes halogenated alkanes) is 2. The van der Waals surface area contributed by atoms with Crippen molar-refractivity contribution in [1.82, 2.24) is 4.98 Å². The molecule has 2 rings (SSSR count). The van der Waals surface area contributed by atoms with E-state index in [1.165, 1.54) is 0 Å². The van der Waals surface area contributed by atoms with Crippen LogP contribution in [0.15, 0.2) is 30.5 Å². The number of hydrogen-bond acceptors (Lipinski definition) is 2. The van der Waals surface area contributed by atoms with Gasteiger partial charge >= 0.3 is 0 Å². The predicted octanol–water partition coefficient (Wildman–Crippen LogP) is 4.11. The summed E-state index contributed by atoms with van der Waals surface area (Å²) >= 11 is 0. The summed E-state index contributed by atoms with van der Waals surface area (Å²) in [5.41, 5.74) is 2.14. The topological polar surface area (TPSA) is 58.9 Å². The van der Waals surface area contributed by atoms with Crippen LogP contribution in [0.4, 0.5) is 0 Å². The van der Waals surface area contributed by atoms with E-state index in [-0.39, 0.29) is 17.4 Å². The molecule has 1 N–H and O–H groups in total. The first kappa shape index (κ1) is 13.6. The van der Waals surface area contributed by atoms with Crippen LogP contribution in [0.5, 0.6) is 0 Å². The van der Waals surface area contributed by atoms with Crippen molar-refractivity contribution in [1.29, 1.82) is 0 Å². The first-order chi connectivity index (χ1) is 9.22. The van der Waals surface area contributed by atoms with Gasteiger partial charge in [0.2, 0.25) is 6.54 Å². The highest BCUT2D eigenvalue weighted by Crippen LogP contribution is 2.29. The van der Waals surface area contributed by atoms with E-state index in [0.29, 0.717) is 0 Å². The van der Waals surface area contributed by atoms with Gasteiger partial charge in [-0.25, -0.2) is 0 Å². The number of nitrogens with one attached hydrogen (secondary N) is 1. The normalized spacial score (nSPS) is 12.7. The summed E-state index contributed by atoms with van der Waals surface area (Å²) in [4.78, 5) is 13.9. The zero-order valence-electron chi connectivity index (χ0n) is 11.3. The zero-order valence-corrected chi connectivity index (χ0v) is 11.3. The average Bonchev–Trinajstić information content (AvgIpc) is 2.81. The molecule has 1 unspecified atom stereocenters. The van der Waals surface area contributed by atoms with Crippen molar-refractivity contribution in [2.45, 2.75) is 38.5 Å². The summed E-state index contributed by atoms with van der Waals surface area (Å²) < 4.78 is 0. The molecule has 0 radical (unpaired) electrons. The quantitative estimate of drug-likeness (QED) is 0.462. The number of hydrogen-bond donors (Lipinski definition) is 1. The molecule has 19 heavy (non-hydrogen) atoms. The molecule has 0 spiro atoms. The third kappa shape index (κ3) is 3.34. The standard InChI is InChI=1S/C15H20N2O2/c1-2-3-4-7-12(11-17(18)19)14-10-16-15-9-6-5-8-13(14)15/h5-6,8-10,12,16H,2-4,7,11H2,1H3. The Morgan fingerprint density at radius 3 is 2.84 bits per heavy atom. The number of fused-ring (bicyclic) bond motifs is 1.